The molecule has 130 valence electrons. The maximum absolute atomic E-state index is 6.11. The number of hydrazine groups is 1. The van der Waals surface area contributed by atoms with E-state index in [1.54, 1.807) is 0 Å². The summed E-state index contributed by atoms with van der Waals surface area (Å²) in [5.74, 6) is 0. The number of aryl methyl sites for hydroxylation is 1. The van der Waals surface area contributed by atoms with E-state index in [4.69, 9.17) is 4.84 Å². The van der Waals surface area contributed by atoms with Crippen molar-refractivity contribution in [3.63, 3.8) is 0 Å². The first kappa shape index (κ1) is 17.1. The van der Waals surface area contributed by atoms with Crippen LogP contribution in [-0.4, -0.2) is 40.7 Å². The van der Waals surface area contributed by atoms with Crippen LogP contribution >= 0.6 is 0 Å². The van der Waals surface area contributed by atoms with Gasteiger partial charge in [0, 0.05) is 0 Å². The summed E-state index contributed by atoms with van der Waals surface area (Å²) in [6.45, 7) is 6.87. The number of benzene rings is 1. The van der Waals surface area contributed by atoms with E-state index in [1.165, 1.54) is 0 Å². The van der Waals surface area contributed by atoms with Gasteiger partial charge in [-0.15, -0.1) is 4.68 Å². The number of quaternary nitrogens is 1. The largest absolute Gasteiger partial charge is 0.278 e. The summed E-state index contributed by atoms with van der Waals surface area (Å²) in [7, 11) is 4.07. The van der Waals surface area contributed by atoms with Gasteiger partial charge in [-0.1, -0.05) is 47.5 Å². The molecule has 2 unspecified atom stereocenters. The fourth-order valence-corrected chi connectivity index (χ4v) is 3.13. The number of nitrogens with zero attached hydrogens (tertiary/aromatic N) is 5. The van der Waals surface area contributed by atoms with Crippen molar-refractivity contribution >= 4 is 0 Å². The topological polar surface area (TPSA) is 45.6 Å². The molecule has 1 fully saturated rings. The molecule has 2 aromatic rings. The van der Waals surface area contributed by atoms with Crippen molar-refractivity contribution < 1.29 is 4.84 Å². The summed E-state index contributed by atoms with van der Waals surface area (Å²) in [4.78, 5) is 10.8. The van der Waals surface area contributed by atoms with Crippen molar-refractivity contribution in [2.45, 2.75) is 32.9 Å². The van der Waals surface area contributed by atoms with E-state index in [1.807, 2.05) is 59.7 Å². The molecule has 2 atom stereocenters. The summed E-state index contributed by atoms with van der Waals surface area (Å²) in [5, 5.41) is 3.95. The molecule has 24 heavy (non-hydrogen) atoms. The fourth-order valence-electron chi connectivity index (χ4n) is 3.13. The standard InChI is InChI=1S/C17H27N6O/c1-6-12-24-22-17(3,16-10-8-7-9-11-16)19-23(5,20(22)4)21-13-15(2)18-14-21/h7-11,13-14,19H,6,12H2,1-5H3/q+1. The van der Waals surface area contributed by atoms with Gasteiger partial charge in [0.2, 0.25) is 0 Å². The highest BCUT2D eigenvalue weighted by molar-refractivity contribution is 5.23. The molecule has 2 heterocycles. The molecule has 3 rings (SSSR count). The Morgan fingerprint density at radius 1 is 1.29 bits per heavy atom. The normalized spacial score (nSPS) is 28.5. The van der Waals surface area contributed by atoms with Crippen molar-refractivity contribution in [2.24, 2.45) is 0 Å². The third kappa shape index (κ3) is 2.64. The maximum Gasteiger partial charge on any atom is 0.189 e. The van der Waals surface area contributed by atoms with Crippen molar-refractivity contribution in [3.8, 4) is 0 Å². The van der Waals surface area contributed by atoms with E-state index >= 15 is 0 Å². The predicted octanol–water partition coefficient (Wildman–Crippen LogP) is 2.06. The summed E-state index contributed by atoms with van der Waals surface area (Å²) in [5.41, 5.74) is 5.27. The van der Waals surface area contributed by atoms with Gasteiger partial charge in [0.15, 0.2) is 5.66 Å². The van der Waals surface area contributed by atoms with E-state index in [0.717, 1.165) is 17.7 Å². The predicted molar refractivity (Wildman–Crippen MR) is 93.2 cm³/mol. The molecule has 0 saturated carbocycles. The number of rotatable bonds is 5. The van der Waals surface area contributed by atoms with Crippen LogP contribution in [0.15, 0.2) is 42.9 Å². The van der Waals surface area contributed by atoms with Crippen LogP contribution in [-0.2, 0) is 10.5 Å². The van der Waals surface area contributed by atoms with Crippen molar-refractivity contribution in [1.82, 2.24) is 30.2 Å². The minimum atomic E-state index is -0.516. The maximum atomic E-state index is 6.11. The van der Waals surface area contributed by atoms with Crippen molar-refractivity contribution in [2.75, 3.05) is 20.7 Å². The molecule has 0 amide bonds. The monoisotopic (exact) mass is 331 g/mol. The molecular weight excluding hydrogens is 304 g/mol. The fraction of sp³-hybridized carbons (Fsp3) is 0.471. The van der Waals surface area contributed by atoms with E-state index in [9.17, 15) is 0 Å². The Kier molecular flexibility index (Phi) is 4.46. The van der Waals surface area contributed by atoms with Crippen LogP contribution < -0.4 is 10.2 Å². The van der Waals surface area contributed by atoms with Gasteiger partial charge in [0.1, 0.15) is 13.4 Å². The van der Waals surface area contributed by atoms with Crippen LogP contribution in [0.5, 0.6) is 0 Å². The molecule has 1 N–H and O–H groups in total. The summed E-state index contributed by atoms with van der Waals surface area (Å²) < 4.78 is 2.02. The van der Waals surface area contributed by atoms with Crippen LogP contribution in [0.1, 0.15) is 31.5 Å². The number of imidazole rings is 1. The van der Waals surface area contributed by atoms with E-state index in [0.29, 0.717) is 11.4 Å². The number of nitrogens with one attached hydrogen (secondary N) is 1. The Hall–Kier alpha value is -1.77. The van der Waals surface area contributed by atoms with Crippen LogP contribution in [0.4, 0.5) is 0 Å². The van der Waals surface area contributed by atoms with Gasteiger partial charge in [-0.25, -0.2) is 4.98 Å². The molecule has 1 aromatic heterocycles. The lowest BCUT2D eigenvalue weighted by Gasteiger charge is -2.33. The van der Waals surface area contributed by atoms with Crippen LogP contribution in [0, 0.1) is 6.92 Å². The Morgan fingerprint density at radius 3 is 2.58 bits per heavy atom. The van der Waals surface area contributed by atoms with Gasteiger partial charge in [0.25, 0.3) is 0 Å². The van der Waals surface area contributed by atoms with E-state index in [2.05, 4.69) is 43.4 Å². The second-order valence-corrected chi connectivity index (χ2v) is 6.45. The zero-order chi connectivity index (χ0) is 17.4. The SMILES string of the molecule is CCCON1N(C)[N+](C)(n2cnc(C)c2)NC1(C)c1ccccc1. The minimum absolute atomic E-state index is 0.302. The molecular formula is C17H27N6O+. The summed E-state index contributed by atoms with van der Waals surface area (Å²) >= 11 is 0. The average molecular weight is 331 g/mol. The molecule has 1 aromatic carbocycles. The highest BCUT2D eigenvalue weighted by atomic mass is 16.7. The number of aromatic nitrogens is 2. The third-order valence-corrected chi connectivity index (χ3v) is 4.54. The Bertz CT molecular complexity index is 689. The summed E-state index contributed by atoms with van der Waals surface area (Å²) in [6.07, 6.45) is 4.79. The molecule has 0 radical (unpaired) electrons. The minimum Gasteiger partial charge on any atom is -0.278 e. The molecule has 0 spiro atoms. The molecule has 0 bridgehead atoms. The Balaban J connectivity index is 2.04. The first-order valence-corrected chi connectivity index (χ1v) is 8.32. The zero-order valence-electron chi connectivity index (χ0n) is 15.1. The third-order valence-electron chi connectivity index (χ3n) is 4.54. The van der Waals surface area contributed by atoms with Crippen molar-refractivity contribution in [1.29, 1.82) is 0 Å². The lowest BCUT2D eigenvalue weighted by molar-refractivity contribution is -0.339. The molecule has 1 saturated heterocycles. The van der Waals surface area contributed by atoms with Crippen LogP contribution in [0.2, 0.25) is 0 Å². The van der Waals surface area contributed by atoms with Gasteiger partial charge in [0.05, 0.1) is 25.5 Å². The highest BCUT2D eigenvalue weighted by Gasteiger charge is 2.58. The van der Waals surface area contributed by atoms with E-state index < -0.39 is 5.66 Å². The molecule has 7 nitrogen and oxygen atoms in total. The van der Waals surface area contributed by atoms with Gasteiger partial charge >= 0.3 is 0 Å². The van der Waals surface area contributed by atoms with Gasteiger partial charge in [-0.2, -0.15) is 0 Å². The quantitative estimate of drug-likeness (QED) is 0.850. The van der Waals surface area contributed by atoms with Crippen LogP contribution in [0.25, 0.3) is 0 Å². The lowest BCUT2D eigenvalue weighted by Crippen LogP contribution is -2.67. The molecule has 0 aliphatic carbocycles. The first-order chi connectivity index (χ1) is 11.4. The number of hydroxylamine groups is 1. The Labute approximate surface area is 143 Å². The van der Waals surface area contributed by atoms with Crippen molar-refractivity contribution in [3.05, 3.63) is 54.1 Å². The first-order valence-electron chi connectivity index (χ1n) is 8.32. The second-order valence-electron chi connectivity index (χ2n) is 6.45. The molecule has 1 aliphatic rings. The van der Waals surface area contributed by atoms with Crippen LogP contribution in [0.3, 0.4) is 0 Å². The summed E-state index contributed by atoms with van der Waals surface area (Å²) in [6, 6.07) is 10.3. The lowest BCUT2D eigenvalue weighted by atomic mass is 10.0. The van der Waals surface area contributed by atoms with Gasteiger partial charge in [-0.3, -0.25) is 4.84 Å². The number of hydrogen-bond acceptors (Lipinski definition) is 5. The molecule has 1 aliphatic heterocycles. The van der Waals surface area contributed by atoms with Gasteiger partial charge in [-0.05, 0) is 36.1 Å². The number of hydrogen-bond donors (Lipinski definition) is 1. The molecule has 7 heteroatoms. The second kappa shape index (κ2) is 6.27. The zero-order valence-corrected chi connectivity index (χ0v) is 15.1. The highest BCUT2D eigenvalue weighted by Crippen LogP contribution is 2.35. The average Bonchev–Trinajstić information content (AvgIpc) is 3.10. The smallest absolute Gasteiger partial charge is 0.189 e. The van der Waals surface area contributed by atoms with E-state index in [-0.39, 0.29) is 0 Å². The van der Waals surface area contributed by atoms with Gasteiger partial charge < -0.3 is 0 Å². The Morgan fingerprint density at radius 2 is 2.00 bits per heavy atom.